The molecule has 0 bridgehead atoms. The van der Waals surface area contributed by atoms with Crippen molar-refractivity contribution < 1.29 is 4.79 Å². The summed E-state index contributed by atoms with van der Waals surface area (Å²) in [5, 5.41) is 6.04. The second kappa shape index (κ2) is 6.20. The fourth-order valence-electron chi connectivity index (χ4n) is 1.58. The van der Waals surface area contributed by atoms with Crippen molar-refractivity contribution in [1.29, 1.82) is 0 Å². The van der Waals surface area contributed by atoms with E-state index in [0.29, 0.717) is 17.4 Å². The van der Waals surface area contributed by atoms with Crippen LogP contribution in [0.5, 0.6) is 0 Å². The van der Waals surface area contributed by atoms with Crippen molar-refractivity contribution in [2.75, 3.05) is 5.32 Å². The Morgan fingerprint density at radius 1 is 1.32 bits per heavy atom. The lowest BCUT2D eigenvalue weighted by Crippen LogP contribution is -2.28. The van der Waals surface area contributed by atoms with Crippen molar-refractivity contribution in [3.05, 3.63) is 58.7 Å². The average molecular weight is 276 g/mol. The molecule has 0 aliphatic carbocycles. The van der Waals surface area contributed by atoms with Crippen LogP contribution >= 0.6 is 11.6 Å². The number of carbonyl (C=O) groups is 1. The van der Waals surface area contributed by atoms with Gasteiger partial charge in [0.05, 0.1) is 0 Å². The molecular formula is C14H14ClN3O. The van der Waals surface area contributed by atoms with Crippen LogP contribution in [0, 0.1) is 6.92 Å². The van der Waals surface area contributed by atoms with Crippen LogP contribution in [-0.2, 0) is 6.54 Å². The first-order chi connectivity index (χ1) is 9.15. The second-order valence-electron chi connectivity index (χ2n) is 4.12. The van der Waals surface area contributed by atoms with Crippen LogP contribution in [0.2, 0.25) is 5.02 Å². The van der Waals surface area contributed by atoms with E-state index in [9.17, 15) is 4.79 Å². The first-order valence-corrected chi connectivity index (χ1v) is 6.24. The Morgan fingerprint density at radius 3 is 2.84 bits per heavy atom. The van der Waals surface area contributed by atoms with Gasteiger partial charge in [0, 0.05) is 17.8 Å². The normalized spacial score (nSPS) is 10.0. The van der Waals surface area contributed by atoms with Gasteiger partial charge in [0.25, 0.3) is 0 Å². The molecule has 0 saturated carbocycles. The number of aryl methyl sites for hydroxylation is 1. The van der Waals surface area contributed by atoms with Gasteiger partial charge in [0.15, 0.2) is 0 Å². The van der Waals surface area contributed by atoms with E-state index in [1.165, 1.54) is 0 Å². The van der Waals surface area contributed by atoms with Gasteiger partial charge >= 0.3 is 6.03 Å². The SMILES string of the molecule is Cc1ccnc(NC(=O)NCc2ccccc2Cl)c1. The number of carbonyl (C=O) groups excluding carboxylic acids is 1. The number of urea groups is 1. The van der Waals surface area contributed by atoms with Gasteiger partial charge in [-0.3, -0.25) is 5.32 Å². The van der Waals surface area contributed by atoms with Crippen molar-refractivity contribution in [1.82, 2.24) is 10.3 Å². The number of nitrogens with zero attached hydrogens (tertiary/aromatic N) is 1. The number of pyridine rings is 1. The fourth-order valence-corrected chi connectivity index (χ4v) is 1.78. The van der Waals surface area contributed by atoms with E-state index >= 15 is 0 Å². The topological polar surface area (TPSA) is 54.0 Å². The molecule has 4 nitrogen and oxygen atoms in total. The van der Waals surface area contributed by atoms with Crippen LogP contribution in [0.15, 0.2) is 42.6 Å². The molecule has 0 atom stereocenters. The molecule has 1 aromatic carbocycles. The highest BCUT2D eigenvalue weighted by Crippen LogP contribution is 2.14. The summed E-state index contributed by atoms with van der Waals surface area (Å²) in [6.07, 6.45) is 1.65. The number of amides is 2. The summed E-state index contributed by atoms with van der Waals surface area (Å²) in [5.41, 5.74) is 1.91. The van der Waals surface area contributed by atoms with E-state index in [1.807, 2.05) is 31.2 Å². The van der Waals surface area contributed by atoms with Crippen LogP contribution in [0.3, 0.4) is 0 Å². The molecular weight excluding hydrogens is 262 g/mol. The summed E-state index contributed by atoms with van der Waals surface area (Å²) in [4.78, 5) is 15.8. The Labute approximate surface area is 116 Å². The minimum absolute atomic E-state index is 0.307. The van der Waals surface area contributed by atoms with E-state index < -0.39 is 0 Å². The highest BCUT2D eigenvalue weighted by molar-refractivity contribution is 6.31. The van der Waals surface area contributed by atoms with Crippen LogP contribution < -0.4 is 10.6 Å². The molecule has 0 radical (unpaired) electrons. The Bertz CT molecular complexity index is 586. The molecule has 1 heterocycles. The lowest BCUT2D eigenvalue weighted by molar-refractivity contribution is 0.251. The standard InChI is InChI=1S/C14H14ClN3O/c1-10-6-7-16-13(8-10)18-14(19)17-9-11-4-2-3-5-12(11)15/h2-8H,9H2,1H3,(H2,16,17,18,19). The highest BCUT2D eigenvalue weighted by Gasteiger charge is 2.04. The molecule has 2 aromatic rings. The third kappa shape index (κ3) is 3.96. The molecule has 0 spiro atoms. The summed E-state index contributed by atoms with van der Waals surface area (Å²) in [5.74, 6) is 0.525. The summed E-state index contributed by atoms with van der Waals surface area (Å²) >= 11 is 6.00. The van der Waals surface area contributed by atoms with Crippen LogP contribution in [0.1, 0.15) is 11.1 Å². The quantitative estimate of drug-likeness (QED) is 0.902. The molecule has 2 amide bonds. The van der Waals surface area contributed by atoms with Crippen LogP contribution in [-0.4, -0.2) is 11.0 Å². The zero-order valence-electron chi connectivity index (χ0n) is 10.5. The van der Waals surface area contributed by atoms with E-state index in [2.05, 4.69) is 15.6 Å². The number of anilines is 1. The number of aromatic nitrogens is 1. The minimum atomic E-state index is -0.307. The Kier molecular flexibility index (Phi) is 4.36. The molecule has 0 unspecified atom stereocenters. The second-order valence-corrected chi connectivity index (χ2v) is 4.52. The maximum Gasteiger partial charge on any atom is 0.320 e. The Balaban J connectivity index is 1.90. The summed E-state index contributed by atoms with van der Waals surface area (Å²) in [6, 6.07) is 10.7. The predicted molar refractivity (Wildman–Crippen MR) is 76.3 cm³/mol. The van der Waals surface area contributed by atoms with Gasteiger partial charge in [-0.25, -0.2) is 9.78 Å². The third-order valence-electron chi connectivity index (χ3n) is 2.55. The van der Waals surface area contributed by atoms with Gasteiger partial charge in [0.2, 0.25) is 0 Å². The Hall–Kier alpha value is -2.07. The summed E-state index contributed by atoms with van der Waals surface area (Å²) < 4.78 is 0. The molecule has 1 aromatic heterocycles. The number of benzene rings is 1. The number of hydrogen-bond acceptors (Lipinski definition) is 2. The molecule has 19 heavy (non-hydrogen) atoms. The number of nitrogens with one attached hydrogen (secondary N) is 2. The largest absolute Gasteiger partial charge is 0.334 e. The van der Waals surface area contributed by atoms with Gasteiger partial charge in [-0.1, -0.05) is 29.8 Å². The van der Waals surface area contributed by atoms with E-state index in [0.717, 1.165) is 11.1 Å². The summed E-state index contributed by atoms with van der Waals surface area (Å²) in [7, 11) is 0. The third-order valence-corrected chi connectivity index (χ3v) is 2.92. The minimum Gasteiger partial charge on any atom is -0.334 e. The fraction of sp³-hybridized carbons (Fsp3) is 0.143. The van der Waals surface area contributed by atoms with E-state index in [-0.39, 0.29) is 6.03 Å². The number of halogens is 1. The molecule has 0 saturated heterocycles. The molecule has 0 fully saturated rings. The average Bonchev–Trinajstić information content (AvgIpc) is 2.38. The lowest BCUT2D eigenvalue weighted by atomic mass is 10.2. The van der Waals surface area contributed by atoms with E-state index in [1.54, 1.807) is 18.3 Å². The smallest absolute Gasteiger partial charge is 0.320 e. The molecule has 0 aliphatic rings. The van der Waals surface area contributed by atoms with Crippen molar-refractivity contribution in [3.63, 3.8) is 0 Å². The number of rotatable bonds is 3. The van der Waals surface area contributed by atoms with E-state index in [4.69, 9.17) is 11.6 Å². The predicted octanol–water partition coefficient (Wildman–Crippen LogP) is 3.37. The van der Waals surface area contributed by atoms with Crippen molar-refractivity contribution in [3.8, 4) is 0 Å². The van der Waals surface area contributed by atoms with Crippen molar-refractivity contribution in [2.24, 2.45) is 0 Å². The van der Waals surface area contributed by atoms with Gasteiger partial charge in [-0.2, -0.15) is 0 Å². The van der Waals surface area contributed by atoms with Gasteiger partial charge in [-0.15, -0.1) is 0 Å². The zero-order valence-corrected chi connectivity index (χ0v) is 11.2. The van der Waals surface area contributed by atoms with Crippen molar-refractivity contribution >= 4 is 23.4 Å². The number of hydrogen-bond donors (Lipinski definition) is 2. The molecule has 5 heteroatoms. The van der Waals surface area contributed by atoms with Crippen LogP contribution in [0.4, 0.5) is 10.6 Å². The molecule has 2 rings (SSSR count). The first kappa shape index (κ1) is 13.4. The maximum atomic E-state index is 11.7. The maximum absolute atomic E-state index is 11.7. The lowest BCUT2D eigenvalue weighted by Gasteiger charge is -2.08. The van der Waals surface area contributed by atoms with Gasteiger partial charge in [0.1, 0.15) is 5.82 Å². The van der Waals surface area contributed by atoms with Gasteiger partial charge in [-0.05, 0) is 36.2 Å². The molecule has 98 valence electrons. The first-order valence-electron chi connectivity index (χ1n) is 5.86. The van der Waals surface area contributed by atoms with Gasteiger partial charge < -0.3 is 5.32 Å². The molecule has 2 N–H and O–H groups in total. The monoisotopic (exact) mass is 275 g/mol. The van der Waals surface area contributed by atoms with Crippen molar-refractivity contribution in [2.45, 2.75) is 13.5 Å². The highest BCUT2D eigenvalue weighted by atomic mass is 35.5. The Morgan fingerprint density at radius 2 is 2.11 bits per heavy atom. The molecule has 0 aliphatic heterocycles. The zero-order chi connectivity index (χ0) is 13.7. The van der Waals surface area contributed by atoms with Crippen LogP contribution in [0.25, 0.3) is 0 Å². The summed E-state index contributed by atoms with van der Waals surface area (Å²) in [6.45, 7) is 2.31.